The molecule has 1 saturated heterocycles. The van der Waals surface area contributed by atoms with E-state index in [2.05, 4.69) is 20.5 Å². The molecular formula is C12H17ClN4O. The number of pyridine rings is 1. The van der Waals surface area contributed by atoms with E-state index in [1.165, 1.54) is 0 Å². The summed E-state index contributed by atoms with van der Waals surface area (Å²) in [7, 11) is 1.66. The highest BCUT2D eigenvalue weighted by molar-refractivity contribution is 6.31. The third-order valence-electron chi connectivity index (χ3n) is 3.13. The highest BCUT2D eigenvalue weighted by Gasteiger charge is 2.28. The number of nitrogens with zero attached hydrogens (tertiary/aromatic N) is 2. The summed E-state index contributed by atoms with van der Waals surface area (Å²) >= 11 is 6.10. The standard InChI is InChI=1S/C12H17ClN4O/c1-14-12(18)11-7-16-4-5-17(11)8-9-2-3-15-6-10(9)13/h2-3,6,11,16H,4-5,7-8H2,1H3,(H,14,18). The molecule has 18 heavy (non-hydrogen) atoms. The number of hydrogen-bond donors (Lipinski definition) is 2. The van der Waals surface area contributed by atoms with Crippen molar-refractivity contribution in [3.8, 4) is 0 Å². The van der Waals surface area contributed by atoms with Crippen LogP contribution in [0.2, 0.25) is 5.02 Å². The molecule has 5 nitrogen and oxygen atoms in total. The van der Waals surface area contributed by atoms with Gasteiger partial charge in [0, 0.05) is 45.6 Å². The quantitative estimate of drug-likeness (QED) is 0.826. The van der Waals surface area contributed by atoms with Crippen LogP contribution in [0.1, 0.15) is 5.56 Å². The van der Waals surface area contributed by atoms with Crippen LogP contribution in [-0.2, 0) is 11.3 Å². The number of aromatic nitrogens is 1. The molecule has 0 spiro atoms. The Morgan fingerprint density at radius 1 is 1.72 bits per heavy atom. The van der Waals surface area contributed by atoms with Crippen LogP contribution in [0.3, 0.4) is 0 Å². The minimum atomic E-state index is -0.145. The van der Waals surface area contributed by atoms with Crippen molar-refractivity contribution in [2.45, 2.75) is 12.6 Å². The first kappa shape index (κ1) is 13.3. The highest BCUT2D eigenvalue weighted by Crippen LogP contribution is 2.17. The van der Waals surface area contributed by atoms with E-state index in [9.17, 15) is 4.79 Å². The van der Waals surface area contributed by atoms with Crippen molar-refractivity contribution in [2.75, 3.05) is 26.7 Å². The Morgan fingerprint density at radius 3 is 3.28 bits per heavy atom. The zero-order chi connectivity index (χ0) is 13.0. The molecule has 6 heteroatoms. The lowest BCUT2D eigenvalue weighted by molar-refractivity contribution is -0.126. The first-order valence-electron chi connectivity index (χ1n) is 5.97. The van der Waals surface area contributed by atoms with Crippen molar-refractivity contribution in [2.24, 2.45) is 0 Å². The summed E-state index contributed by atoms with van der Waals surface area (Å²) < 4.78 is 0. The van der Waals surface area contributed by atoms with E-state index in [0.29, 0.717) is 18.1 Å². The Balaban J connectivity index is 2.10. The largest absolute Gasteiger partial charge is 0.358 e. The monoisotopic (exact) mass is 268 g/mol. The fourth-order valence-electron chi connectivity index (χ4n) is 2.11. The Hall–Kier alpha value is -1.17. The smallest absolute Gasteiger partial charge is 0.238 e. The van der Waals surface area contributed by atoms with Crippen molar-refractivity contribution in [3.63, 3.8) is 0 Å². The minimum absolute atomic E-state index is 0.0346. The van der Waals surface area contributed by atoms with Crippen molar-refractivity contribution >= 4 is 17.5 Å². The summed E-state index contributed by atoms with van der Waals surface area (Å²) in [6, 6.07) is 1.75. The van der Waals surface area contributed by atoms with E-state index in [1.54, 1.807) is 19.4 Å². The number of rotatable bonds is 3. The van der Waals surface area contributed by atoms with Crippen LogP contribution in [0.25, 0.3) is 0 Å². The van der Waals surface area contributed by atoms with Crippen LogP contribution in [-0.4, -0.2) is 48.5 Å². The minimum Gasteiger partial charge on any atom is -0.358 e. The molecule has 0 bridgehead atoms. The molecule has 98 valence electrons. The first-order valence-corrected chi connectivity index (χ1v) is 6.35. The van der Waals surface area contributed by atoms with E-state index in [1.807, 2.05) is 6.07 Å². The van der Waals surface area contributed by atoms with Crippen LogP contribution >= 0.6 is 11.6 Å². The number of piperazine rings is 1. The van der Waals surface area contributed by atoms with Crippen LogP contribution in [0.15, 0.2) is 18.5 Å². The molecular weight excluding hydrogens is 252 g/mol. The van der Waals surface area contributed by atoms with Crippen molar-refractivity contribution in [1.82, 2.24) is 20.5 Å². The number of carbonyl (C=O) groups excluding carboxylic acids is 1. The molecule has 1 aromatic rings. The third-order valence-corrected chi connectivity index (χ3v) is 3.47. The molecule has 2 heterocycles. The van der Waals surface area contributed by atoms with Crippen molar-refractivity contribution in [1.29, 1.82) is 0 Å². The molecule has 0 aromatic carbocycles. The van der Waals surface area contributed by atoms with Gasteiger partial charge in [0.15, 0.2) is 0 Å². The van der Waals surface area contributed by atoms with Gasteiger partial charge in [-0.25, -0.2) is 0 Å². The zero-order valence-corrected chi connectivity index (χ0v) is 11.1. The zero-order valence-electron chi connectivity index (χ0n) is 10.3. The lowest BCUT2D eigenvalue weighted by Crippen LogP contribution is -2.56. The Labute approximate surface area is 112 Å². The number of likely N-dealkylation sites (N-methyl/N-ethyl adjacent to an activating group) is 1. The maximum Gasteiger partial charge on any atom is 0.238 e. The Kier molecular flexibility index (Phi) is 4.52. The fraction of sp³-hybridized carbons (Fsp3) is 0.500. The molecule has 1 atom stereocenters. The van der Waals surface area contributed by atoms with E-state index in [-0.39, 0.29) is 11.9 Å². The summed E-state index contributed by atoms with van der Waals surface area (Å²) in [4.78, 5) is 17.9. The van der Waals surface area contributed by atoms with Gasteiger partial charge in [-0.05, 0) is 11.6 Å². The van der Waals surface area contributed by atoms with Crippen LogP contribution in [0, 0.1) is 0 Å². The molecule has 0 saturated carbocycles. The predicted molar refractivity (Wildman–Crippen MR) is 70.4 cm³/mol. The number of carbonyl (C=O) groups is 1. The number of halogens is 1. The van der Waals surface area contributed by atoms with Gasteiger partial charge < -0.3 is 10.6 Å². The second kappa shape index (κ2) is 6.13. The van der Waals surface area contributed by atoms with Crippen molar-refractivity contribution < 1.29 is 4.79 Å². The van der Waals surface area contributed by atoms with Crippen LogP contribution in [0.5, 0.6) is 0 Å². The molecule has 0 radical (unpaired) electrons. The van der Waals surface area contributed by atoms with Gasteiger partial charge in [0.2, 0.25) is 5.91 Å². The lowest BCUT2D eigenvalue weighted by atomic mass is 10.1. The first-order chi connectivity index (χ1) is 8.72. The fourth-order valence-corrected chi connectivity index (χ4v) is 2.29. The van der Waals surface area contributed by atoms with Gasteiger partial charge in [-0.2, -0.15) is 0 Å². The van der Waals surface area contributed by atoms with E-state index in [0.717, 1.165) is 18.7 Å². The highest BCUT2D eigenvalue weighted by atomic mass is 35.5. The molecule has 1 aliphatic heterocycles. The van der Waals surface area contributed by atoms with Gasteiger partial charge in [0.05, 0.1) is 5.02 Å². The van der Waals surface area contributed by atoms with Gasteiger partial charge in [-0.3, -0.25) is 14.7 Å². The molecule has 1 amide bonds. The Bertz CT molecular complexity index is 426. The number of hydrogen-bond acceptors (Lipinski definition) is 4. The van der Waals surface area contributed by atoms with E-state index < -0.39 is 0 Å². The Morgan fingerprint density at radius 2 is 2.56 bits per heavy atom. The number of amides is 1. The van der Waals surface area contributed by atoms with E-state index in [4.69, 9.17) is 11.6 Å². The molecule has 1 unspecified atom stereocenters. The van der Waals surface area contributed by atoms with Crippen molar-refractivity contribution in [3.05, 3.63) is 29.0 Å². The molecule has 2 rings (SSSR count). The van der Waals surface area contributed by atoms with Gasteiger partial charge in [-0.15, -0.1) is 0 Å². The van der Waals surface area contributed by atoms with Crippen LogP contribution < -0.4 is 10.6 Å². The molecule has 0 aliphatic carbocycles. The van der Waals surface area contributed by atoms with E-state index >= 15 is 0 Å². The van der Waals surface area contributed by atoms with Gasteiger partial charge in [0.25, 0.3) is 0 Å². The molecule has 1 aliphatic rings. The average molecular weight is 269 g/mol. The van der Waals surface area contributed by atoms with Gasteiger partial charge in [0.1, 0.15) is 6.04 Å². The molecule has 1 fully saturated rings. The maximum absolute atomic E-state index is 11.8. The third kappa shape index (κ3) is 2.98. The van der Waals surface area contributed by atoms with Gasteiger partial charge >= 0.3 is 0 Å². The SMILES string of the molecule is CNC(=O)C1CNCCN1Cc1ccncc1Cl. The normalized spacial score (nSPS) is 20.7. The topological polar surface area (TPSA) is 57.3 Å². The average Bonchev–Trinajstić information content (AvgIpc) is 2.41. The number of nitrogens with one attached hydrogen (secondary N) is 2. The summed E-state index contributed by atoms with van der Waals surface area (Å²) in [5, 5.41) is 6.58. The summed E-state index contributed by atoms with van der Waals surface area (Å²) in [5.41, 5.74) is 1.00. The maximum atomic E-state index is 11.8. The second-order valence-electron chi connectivity index (χ2n) is 4.27. The van der Waals surface area contributed by atoms with Crippen LogP contribution in [0.4, 0.5) is 0 Å². The summed E-state index contributed by atoms with van der Waals surface area (Å²) in [6.45, 7) is 3.05. The summed E-state index contributed by atoms with van der Waals surface area (Å²) in [6.07, 6.45) is 3.35. The van der Waals surface area contributed by atoms with Gasteiger partial charge in [-0.1, -0.05) is 11.6 Å². The lowest BCUT2D eigenvalue weighted by Gasteiger charge is -2.35. The second-order valence-corrected chi connectivity index (χ2v) is 4.68. The predicted octanol–water partition coefficient (Wildman–Crippen LogP) is 0.255. The molecule has 2 N–H and O–H groups in total. The molecule has 1 aromatic heterocycles. The summed E-state index contributed by atoms with van der Waals surface area (Å²) in [5.74, 6) is 0.0346.